The molecule has 0 saturated carbocycles. The van der Waals surface area contributed by atoms with E-state index in [9.17, 15) is 9.59 Å². The van der Waals surface area contributed by atoms with Crippen molar-refractivity contribution in [2.45, 2.75) is 26.8 Å². The van der Waals surface area contributed by atoms with Gasteiger partial charge in [0.15, 0.2) is 5.15 Å². The van der Waals surface area contributed by atoms with E-state index in [0.717, 1.165) is 0 Å². The van der Waals surface area contributed by atoms with E-state index in [2.05, 4.69) is 15.6 Å². The van der Waals surface area contributed by atoms with Crippen LogP contribution in [0, 0.1) is 12.8 Å². The minimum absolute atomic E-state index is 0.00906. The zero-order valence-electron chi connectivity index (χ0n) is 12.0. The zero-order chi connectivity index (χ0) is 16.2. The van der Waals surface area contributed by atoms with Crippen LogP contribution in [0.15, 0.2) is 6.07 Å². The van der Waals surface area contributed by atoms with Gasteiger partial charge in [0.1, 0.15) is 5.15 Å². The van der Waals surface area contributed by atoms with Crippen LogP contribution in [-0.2, 0) is 9.59 Å². The maximum atomic E-state index is 11.8. The molecule has 1 aromatic heterocycles. The Kier molecular flexibility index (Phi) is 6.39. The highest BCUT2D eigenvalue weighted by atomic mass is 35.5. The standard InChI is InChI=1S/C13H18Cl2N4O2/c1-6(2)10(16)13(21)17-5-9(20)19-11-7(3)4-8(14)18-12(11)15/h4,6,10H,5,16H2,1-3H3,(H,17,21)(H,19,20)/t10-/m0/s1. The molecule has 8 heteroatoms. The molecule has 21 heavy (non-hydrogen) atoms. The highest BCUT2D eigenvalue weighted by Gasteiger charge is 2.18. The normalized spacial score (nSPS) is 12.1. The summed E-state index contributed by atoms with van der Waals surface area (Å²) < 4.78 is 0. The van der Waals surface area contributed by atoms with Crippen molar-refractivity contribution in [2.24, 2.45) is 11.7 Å². The van der Waals surface area contributed by atoms with Gasteiger partial charge in [-0.1, -0.05) is 37.0 Å². The number of hydrogen-bond acceptors (Lipinski definition) is 4. The van der Waals surface area contributed by atoms with E-state index in [1.54, 1.807) is 13.0 Å². The van der Waals surface area contributed by atoms with Crippen LogP contribution in [0.4, 0.5) is 5.69 Å². The minimum Gasteiger partial charge on any atom is -0.346 e. The molecule has 6 nitrogen and oxygen atoms in total. The van der Waals surface area contributed by atoms with Gasteiger partial charge in [-0.3, -0.25) is 9.59 Å². The molecule has 0 bridgehead atoms. The maximum Gasteiger partial charge on any atom is 0.243 e. The average molecular weight is 333 g/mol. The van der Waals surface area contributed by atoms with Crippen molar-refractivity contribution in [3.8, 4) is 0 Å². The number of nitrogens with zero attached hydrogens (tertiary/aromatic N) is 1. The molecule has 116 valence electrons. The molecule has 0 saturated heterocycles. The molecule has 0 fully saturated rings. The van der Waals surface area contributed by atoms with Crippen LogP contribution in [0.5, 0.6) is 0 Å². The van der Waals surface area contributed by atoms with Gasteiger partial charge in [-0.15, -0.1) is 0 Å². The molecular formula is C13H18Cl2N4O2. The van der Waals surface area contributed by atoms with Gasteiger partial charge in [0, 0.05) is 0 Å². The summed E-state index contributed by atoms with van der Waals surface area (Å²) in [7, 11) is 0. The van der Waals surface area contributed by atoms with Crippen molar-refractivity contribution in [3.63, 3.8) is 0 Å². The number of aromatic nitrogens is 1. The Hall–Kier alpha value is -1.37. The van der Waals surface area contributed by atoms with Gasteiger partial charge in [-0.2, -0.15) is 0 Å². The number of anilines is 1. The smallest absolute Gasteiger partial charge is 0.243 e. The number of halogens is 2. The minimum atomic E-state index is -0.652. The number of pyridine rings is 1. The van der Waals surface area contributed by atoms with Crippen molar-refractivity contribution in [1.82, 2.24) is 10.3 Å². The Labute approximate surface area is 133 Å². The molecule has 1 heterocycles. The van der Waals surface area contributed by atoms with Crippen LogP contribution in [0.3, 0.4) is 0 Å². The first-order valence-corrected chi connectivity index (χ1v) is 7.13. The number of carbonyl (C=O) groups excluding carboxylic acids is 2. The van der Waals surface area contributed by atoms with E-state index in [4.69, 9.17) is 28.9 Å². The fourth-order valence-corrected chi connectivity index (χ4v) is 2.10. The van der Waals surface area contributed by atoms with Crippen molar-refractivity contribution < 1.29 is 9.59 Å². The van der Waals surface area contributed by atoms with E-state index in [0.29, 0.717) is 11.3 Å². The molecule has 4 N–H and O–H groups in total. The third-order valence-electron chi connectivity index (χ3n) is 2.85. The molecule has 0 aliphatic heterocycles. The van der Waals surface area contributed by atoms with Gasteiger partial charge >= 0.3 is 0 Å². The molecule has 0 aliphatic rings. The topological polar surface area (TPSA) is 97.1 Å². The summed E-state index contributed by atoms with van der Waals surface area (Å²) in [5.41, 5.74) is 6.72. The van der Waals surface area contributed by atoms with Gasteiger partial charge in [-0.25, -0.2) is 4.98 Å². The van der Waals surface area contributed by atoms with E-state index in [1.165, 1.54) is 0 Å². The number of carbonyl (C=O) groups is 2. The fraction of sp³-hybridized carbons (Fsp3) is 0.462. The Morgan fingerprint density at radius 3 is 2.52 bits per heavy atom. The number of hydrogen-bond donors (Lipinski definition) is 3. The summed E-state index contributed by atoms with van der Waals surface area (Å²) in [5, 5.41) is 5.39. The van der Waals surface area contributed by atoms with E-state index < -0.39 is 11.9 Å². The molecule has 0 aromatic carbocycles. The third kappa shape index (κ3) is 5.15. The first-order chi connectivity index (χ1) is 9.72. The molecule has 1 aromatic rings. The molecular weight excluding hydrogens is 315 g/mol. The van der Waals surface area contributed by atoms with Crippen molar-refractivity contribution >= 4 is 40.7 Å². The largest absolute Gasteiger partial charge is 0.346 e. The third-order valence-corrected chi connectivity index (χ3v) is 3.32. The highest BCUT2D eigenvalue weighted by molar-refractivity contribution is 6.34. The first kappa shape index (κ1) is 17.7. The monoisotopic (exact) mass is 332 g/mol. The predicted molar refractivity (Wildman–Crippen MR) is 83.4 cm³/mol. The second-order valence-corrected chi connectivity index (χ2v) is 5.71. The van der Waals surface area contributed by atoms with Gasteiger partial charge in [0.05, 0.1) is 18.3 Å². The quantitative estimate of drug-likeness (QED) is 0.715. The number of nitrogens with two attached hydrogens (primary N) is 1. The van der Waals surface area contributed by atoms with E-state index in [1.807, 2.05) is 13.8 Å². The van der Waals surface area contributed by atoms with E-state index in [-0.39, 0.29) is 28.7 Å². The molecule has 1 atom stereocenters. The lowest BCUT2D eigenvalue weighted by atomic mass is 10.1. The second kappa shape index (κ2) is 7.59. The summed E-state index contributed by atoms with van der Waals surface area (Å²) >= 11 is 11.7. The molecule has 0 unspecified atom stereocenters. The first-order valence-electron chi connectivity index (χ1n) is 6.38. The van der Waals surface area contributed by atoms with Crippen LogP contribution >= 0.6 is 23.2 Å². The fourth-order valence-electron chi connectivity index (χ4n) is 1.52. The Bertz CT molecular complexity index is 526. The lowest BCUT2D eigenvalue weighted by Gasteiger charge is -2.15. The summed E-state index contributed by atoms with van der Waals surface area (Å²) in [5.74, 6) is -0.809. The Morgan fingerprint density at radius 1 is 1.38 bits per heavy atom. The predicted octanol–water partition coefficient (Wildman–Crippen LogP) is 1.73. The number of amides is 2. The van der Waals surface area contributed by atoms with E-state index >= 15 is 0 Å². The second-order valence-electron chi connectivity index (χ2n) is 4.96. The summed E-state index contributed by atoms with van der Waals surface area (Å²) in [6.45, 7) is 5.19. The summed E-state index contributed by atoms with van der Waals surface area (Å²) in [6, 6.07) is 0.927. The molecule has 2 amide bonds. The Morgan fingerprint density at radius 2 is 2.00 bits per heavy atom. The highest BCUT2D eigenvalue weighted by Crippen LogP contribution is 2.26. The van der Waals surface area contributed by atoms with Crippen LogP contribution < -0.4 is 16.4 Å². The molecule has 0 spiro atoms. The van der Waals surface area contributed by atoms with Gasteiger partial charge in [0.25, 0.3) is 0 Å². The van der Waals surface area contributed by atoms with Gasteiger partial charge in [0.2, 0.25) is 11.8 Å². The van der Waals surface area contributed by atoms with Crippen LogP contribution in [0.2, 0.25) is 10.3 Å². The number of nitrogens with one attached hydrogen (secondary N) is 2. The molecule has 1 rings (SSSR count). The SMILES string of the molecule is Cc1cc(Cl)nc(Cl)c1NC(=O)CNC(=O)[C@@H](N)C(C)C. The maximum absolute atomic E-state index is 11.8. The molecule has 0 aliphatic carbocycles. The molecule has 0 radical (unpaired) electrons. The Balaban J connectivity index is 2.61. The van der Waals surface area contributed by atoms with Crippen LogP contribution in [0.1, 0.15) is 19.4 Å². The number of aryl methyl sites for hydroxylation is 1. The lowest BCUT2D eigenvalue weighted by molar-refractivity contribution is -0.125. The van der Waals surface area contributed by atoms with Crippen molar-refractivity contribution in [2.75, 3.05) is 11.9 Å². The number of rotatable bonds is 5. The summed E-state index contributed by atoms with van der Waals surface area (Å²) in [4.78, 5) is 27.3. The van der Waals surface area contributed by atoms with Crippen LogP contribution in [-0.4, -0.2) is 29.4 Å². The van der Waals surface area contributed by atoms with Crippen molar-refractivity contribution in [3.05, 3.63) is 21.9 Å². The van der Waals surface area contributed by atoms with Gasteiger partial charge in [-0.05, 0) is 24.5 Å². The summed E-state index contributed by atoms with van der Waals surface area (Å²) in [6.07, 6.45) is 0. The van der Waals surface area contributed by atoms with Gasteiger partial charge < -0.3 is 16.4 Å². The van der Waals surface area contributed by atoms with Crippen molar-refractivity contribution in [1.29, 1.82) is 0 Å². The van der Waals surface area contributed by atoms with Crippen LogP contribution in [0.25, 0.3) is 0 Å². The average Bonchev–Trinajstić information content (AvgIpc) is 2.39. The zero-order valence-corrected chi connectivity index (χ0v) is 13.5. The lowest BCUT2D eigenvalue weighted by Crippen LogP contribution is -2.46.